The van der Waals surface area contributed by atoms with E-state index in [-0.39, 0.29) is 0 Å². The minimum atomic E-state index is 0.564. The normalized spacial score (nSPS) is 10.5. The van der Waals surface area contributed by atoms with Crippen LogP contribution in [0.25, 0.3) is 0 Å². The van der Waals surface area contributed by atoms with Crippen molar-refractivity contribution < 1.29 is 4.74 Å². The van der Waals surface area contributed by atoms with Crippen LogP contribution < -0.4 is 10.1 Å². The number of nitrogens with one attached hydrogen (secondary N) is 1. The highest BCUT2D eigenvalue weighted by Gasteiger charge is 2.02. The van der Waals surface area contributed by atoms with E-state index in [0.717, 1.165) is 17.3 Å². The monoisotopic (exact) mass is 308 g/mol. The highest BCUT2D eigenvalue weighted by molar-refractivity contribution is 5.48. The highest BCUT2D eigenvalue weighted by Crippen LogP contribution is 2.19. The van der Waals surface area contributed by atoms with Gasteiger partial charge in [-0.15, -0.1) is 0 Å². The Morgan fingerprint density at radius 1 is 1.13 bits per heavy atom. The molecule has 5 heteroatoms. The number of aryl methyl sites for hydroxylation is 2. The van der Waals surface area contributed by atoms with Gasteiger partial charge in [0.25, 0.3) is 0 Å². The van der Waals surface area contributed by atoms with Gasteiger partial charge in [0.1, 0.15) is 24.5 Å². The van der Waals surface area contributed by atoms with E-state index >= 15 is 0 Å². The maximum absolute atomic E-state index is 5.88. The van der Waals surface area contributed by atoms with E-state index in [1.54, 1.807) is 11.0 Å². The van der Waals surface area contributed by atoms with E-state index in [1.807, 2.05) is 37.4 Å². The zero-order valence-corrected chi connectivity index (χ0v) is 13.4. The smallest absolute Gasteiger partial charge is 0.145 e. The van der Waals surface area contributed by atoms with Crippen molar-refractivity contribution in [3.8, 4) is 5.75 Å². The van der Waals surface area contributed by atoms with Crippen molar-refractivity contribution in [1.29, 1.82) is 0 Å². The zero-order valence-electron chi connectivity index (χ0n) is 13.4. The molecule has 0 saturated carbocycles. The van der Waals surface area contributed by atoms with Crippen LogP contribution in [0.2, 0.25) is 0 Å². The van der Waals surface area contributed by atoms with Gasteiger partial charge < -0.3 is 10.1 Å². The molecule has 3 aromatic rings. The number of benzene rings is 2. The molecule has 3 rings (SSSR count). The third-order valence-corrected chi connectivity index (χ3v) is 3.58. The Labute approximate surface area is 135 Å². The Kier molecular flexibility index (Phi) is 4.57. The van der Waals surface area contributed by atoms with Gasteiger partial charge in [0.15, 0.2) is 0 Å². The second kappa shape index (κ2) is 6.96. The number of rotatable bonds is 6. The van der Waals surface area contributed by atoms with Gasteiger partial charge in [-0.25, -0.2) is 4.98 Å². The lowest BCUT2D eigenvalue weighted by molar-refractivity contribution is 0.306. The fraction of sp³-hybridized carbons (Fsp3) is 0.222. The van der Waals surface area contributed by atoms with Crippen LogP contribution in [0.4, 0.5) is 5.69 Å². The summed E-state index contributed by atoms with van der Waals surface area (Å²) < 4.78 is 7.63. The summed E-state index contributed by atoms with van der Waals surface area (Å²) in [6.07, 6.45) is 1.55. The molecule has 1 aromatic heterocycles. The molecule has 0 atom stereocenters. The number of hydrogen-bond acceptors (Lipinski definition) is 4. The second-order valence-corrected chi connectivity index (χ2v) is 5.46. The van der Waals surface area contributed by atoms with Crippen molar-refractivity contribution >= 4 is 5.69 Å². The van der Waals surface area contributed by atoms with Gasteiger partial charge >= 0.3 is 0 Å². The fourth-order valence-corrected chi connectivity index (χ4v) is 2.33. The second-order valence-electron chi connectivity index (χ2n) is 5.46. The first-order valence-electron chi connectivity index (χ1n) is 7.56. The van der Waals surface area contributed by atoms with Crippen molar-refractivity contribution in [2.45, 2.75) is 20.1 Å². The Balaban J connectivity index is 1.60. The molecule has 1 heterocycles. The summed E-state index contributed by atoms with van der Waals surface area (Å²) in [6.45, 7) is 3.27. The maximum atomic E-state index is 5.88. The average Bonchev–Trinajstić information content (AvgIpc) is 2.97. The van der Waals surface area contributed by atoms with Crippen molar-refractivity contribution in [3.63, 3.8) is 0 Å². The Hall–Kier alpha value is -2.82. The molecule has 0 amide bonds. The van der Waals surface area contributed by atoms with Gasteiger partial charge in [0.2, 0.25) is 0 Å². The molecule has 0 radical (unpaired) electrons. The lowest BCUT2D eigenvalue weighted by Crippen LogP contribution is -2.06. The molecule has 2 aromatic carbocycles. The molecule has 0 aliphatic carbocycles. The van der Waals surface area contributed by atoms with Gasteiger partial charge in [0, 0.05) is 18.8 Å². The van der Waals surface area contributed by atoms with Crippen LogP contribution in [0.5, 0.6) is 5.75 Å². The van der Waals surface area contributed by atoms with Crippen molar-refractivity contribution in [3.05, 3.63) is 71.8 Å². The standard InChI is InChI=1S/C18H20N4O/c1-14-5-3-6-15(9-14)12-23-17-8-4-7-16(10-17)19-11-18-20-13-21-22(18)2/h3-10,13,19H,11-12H2,1-2H3. The van der Waals surface area contributed by atoms with Crippen LogP contribution in [0.3, 0.4) is 0 Å². The van der Waals surface area contributed by atoms with Crippen LogP contribution in [-0.2, 0) is 20.2 Å². The zero-order chi connectivity index (χ0) is 16.1. The third kappa shape index (κ3) is 4.10. The molecule has 23 heavy (non-hydrogen) atoms. The molecule has 5 nitrogen and oxygen atoms in total. The summed E-state index contributed by atoms with van der Waals surface area (Å²) >= 11 is 0. The molecule has 0 unspecified atom stereocenters. The van der Waals surface area contributed by atoms with Crippen LogP contribution in [0.1, 0.15) is 17.0 Å². The van der Waals surface area contributed by atoms with E-state index in [9.17, 15) is 0 Å². The number of ether oxygens (including phenoxy) is 1. The third-order valence-electron chi connectivity index (χ3n) is 3.58. The van der Waals surface area contributed by atoms with Crippen molar-refractivity contribution in [1.82, 2.24) is 14.8 Å². The molecular formula is C18H20N4O. The molecule has 0 spiro atoms. The number of anilines is 1. The predicted octanol–water partition coefficient (Wildman–Crippen LogP) is 3.31. The van der Waals surface area contributed by atoms with E-state index in [0.29, 0.717) is 13.2 Å². The van der Waals surface area contributed by atoms with Crippen LogP contribution in [0.15, 0.2) is 54.9 Å². The lowest BCUT2D eigenvalue weighted by Gasteiger charge is -2.10. The SMILES string of the molecule is Cc1cccc(COc2cccc(NCc3ncnn3C)c2)c1. The lowest BCUT2D eigenvalue weighted by atomic mass is 10.1. The largest absolute Gasteiger partial charge is 0.489 e. The molecule has 0 bridgehead atoms. The van der Waals surface area contributed by atoms with E-state index < -0.39 is 0 Å². The van der Waals surface area contributed by atoms with Gasteiger partial charge in [-0.3, -0.25) is 4.68 Å². The average molecular weight is 308 g/mol. The fourth-order valence-electron chi connectivity index (χ4n) is 2.33. The summed E-state index contributed by atoms with van der Waals surface area (Å²) in [7, 11) is 1.88. The van der Waals surface area contributed by atoms with E-state index in [1.165, 1.54) is 11.1 Å². The van der Waals surface area contributed by atoms with Gasteiger partial charge in [-0.1, -0.05) is 35.9 Å². The quantitative estimate of drug-likeness (QED) is 0.759. The summed E-state index contributed by atoms with van der Waals surface area (Å²) in [6, 6.07) is 16.3. The van der Waals surface area contributed by atoms with E-state index in [2.05, 4.69) is 40.5 Å². The maximum Gasteiger partial charge on any atom is 0.145 e. The minimum absolute atomic E-state index is 0.564. The molecule has 118 valence electrons. The number of hydrogen-bond donors (Lipinski definition) is 1. The molecular weight excluding hydrogens is 288 g/mol. The summed E-state index contributed by atoms with van der Waals surface area (Å²) in [5, 5.41) is 7.39. The Morgan fingerprint density at radius 3 is 2.78 bits per heavy atom. The van der Waals surface area contributed by atoms with Gasteiger partial charge in [0.05, 0.1) is 6.54 Å². The summed E-state index contributed by atoms with van der Waals surface area (Å²) in [4.78, 5) is 4.20. The number of nitrogens with zero attached hydrogens (tertiary/aromatic N) is 3. The van der Waals surface area contributed by atoms with Crippen LogP contribution >= 0.6 is 0 Å². The molecule has 0 aliphatic heterocycles. The molecule has 0 aliphatic rings. The first-order chi connectivity index (χ1) is 11.2. The van der Waals surface area contributed by atoms with Gasteiger partial charge in [-0.2, -0.15) is 5.10 Å². The van der Waals surface area contributed by atoms with Crippen molar-refractivity contribution in [2.75, 3.05) is 5.32 Å². The first kappa shape index (κ1) is 15.1. The highest BCUT2D eigenvalue weighted by atomic mass is 16.5. The Bertz CT molecular complexity index is 782. The Morgan fingerprint density at radius 2 is 2.00 bits per heavy atom. The number of aromatic nitrogens is 3. The molecule has 1 N–H and O–H groups in total. The molecule has 0 saturated heterocycles. The first-order valence-corrected chi connectivity index (χ1v) is 7.56. The molecule has 0 fully saturated rings. The minimum Gasteiger partial charge on any atom is -0.489 e. The van der Waals surface area contributed by atoms with Crippen molar-refractivity contribution in [2.24, 2.45) is 7.05 Å². The van der Waals surface area contributed by atoms with E-state index in [4.69, 9.17) is 4.74 Å². The predicted molar refractivity (Wildman–Crippen MR) is 90.3 cm³/mol. The summed E-state index contributed by atoms with van der Waals surface area (Å²) in [5.74, 6) is 1.73. The topological polar surface area (TPSA) is 52.0 Å². The van der Waals surface area contributed by atoms with Crippen LogP contribution in [-0.4, -0.2) is 14.8 Å². The van der Waals surface area contributed by atoms with Gasteiger partial charge in [-0.05, 0) is 24.6 Å². The summed E-state index contributed by atoms with van der Waals surface area (Å²) in [5.41, 5.74) is 3.40. The van der Waals surface area contributed by atoms with Crippen LogP contribution in [0, 0.1) is 6.92 Å².